The van der Waals surface area contributed by atoms with Crippen molar-refractivity contribution in [1.29, 1.82) is 0 Å². The summed E-state index contributed by atoms with van der Waals surface area (Å²) in [5.74, 6) is -0.177. The SMILES string of the molecule is CCC/C=C/CCCCCCCC/C=C/[C@@H](O)[C@H](CO[C@H]1O[C@@H](CO)[C@H](O)C(O)C1O)NC(=O)CCCCCCCCCCCCCCCCCCCCCCC. The van der Waals surface area contributed by atoms with Gasteiger partial charge >= 0.3 is 0 Å². The van der Waals surface area contributed by atoms with Gasteiger partial charge in [-0.25, -0.2) is 0 Å². The fourth-order valence-electron chi connectivity index (χ4n) is 7.63. The summed E-state index contributed by atoms with van der Waals surface area (Å²) >= 11 is 0. The van der Waals surface area contributed by atoms with Gasteiger partial charge < -0.3 is 40.3 Å². The Morgan fingerprint density at radius 1 is 0.579 bits per heavy atom. The summed E-state index contributed by atoms with van der Waals surface area (Å²) in [6.45, 7) is 3.73. The molecule has 6 N–H and O–H groups in total. The lowest BCUT2D eigenvalue weighted by molar-refractivity contribution is -0.302. The molecule has 0 aromatic rings. The lowest BCUT2D eigenvalue weighted by Crippen LogP contribution is -2.60. The number of aliphatic hydroxyl groups is 5. The maximum Gasteiger partial charge on any atom is 0.220 e. The first kappa shape index (κ1) is 53.7. The molecule has 1 rings (SSSR count). The number of nitrogens with one attached hydrogen (secondary N) is 1. The first-order chi connectivity index (χ1) is 27.8. The topological polar surface area (TPSA) is 149 Å². The predicted octanol–water partition coefficient (Wildman–Crippen LogP) is 10.3. The van der Waals surface area contributed by atoms with E-state index in [1.165, 1.54) is 154 Å². The van der Waals surface area contributed by atoms with Crippen molar-refractivity contribution in [3.8, 4) is 0 Å². The lowest BCUT2D eigenvalue weighted by Gasteiger charge is -2.40. The standard InChI is InChI=1S/C48H91NO8/c1-3-5-7-9-11-13-15-17-18-19-20-21-22-23-24-26-28-30-32-34-36-38-44(52)49-41(40-56-48-47(55)46(54)45(53)43(39-50)57-48)42(51)37-35-33-31-29-27-25-16-14-12-10-8-6-4-2/h8,10,35,37,41-43,45-48,50-51,53-55H,3-7,9,11-34,36,38-40H2,1-2H3,(H,49,52)/b10-8+,37-35+/t41-,42+,43-,45-,46?,47?,48-/m0/s1. The largest absolute Gasteiger partial charge is 0.394 e. The highest BCUT2D eigenvalue weighted by atomic mass is 16.7. The summed E-state index contributed by atoms with van der Waals surface area (Å²) in [5.41, 5.74) is 0. The summed E-state index contributed by atoms with van der Waals surface area (Å²) in [5, 5.41) is 54.2. The van der Waals surface area contributed by atoms with E-state index >= 15 is 0 Å². The lowest BCUT2D eigenvalue weighted by atomic mass is 9.99. The van der Waals surface area contributed by atoms with Crippen LogP contribution in [0.15, 0.2) is 24.3 Å². The Labute approximate surface area is 349 Å². The zero-order valence-electron chi connectivity index (χ0n) is 36.9. The molecule has 57 heavy (non-hydrogen) atoms. The van der Waals surface area contributed by atoms with E-state index in [0.29, 0.717) is 6.42 Å². The molecule has 1 fully saturated rings. The van der Waals surface area contributed by atoms with Gasteiger partial charge in [-0.3, -0.25) is 4.79 Å². The maximum atomic E-state index is 13.0. The second kappa shape index (κ2) is 38.8. The van der Waals surface area contributed by atoms with E-state index in [2.05, 4.69) is 31.3 Å². The third-order valence-corrected chi connectivity index (χ3v) is 11.5. The van der Waals surface area contributed by atoms with E-state index in [-0.39, 0.29) is 12.5 Å². The van der Waals surface area contributed by atoms with Crippen LogP contribution in [0.2, 0.25) is 0 Å². The number of rotatable bonds is 40. The molecule has 0 aliphatic carbocycles. The van der Waals surface area contributed by atoms with Gasteiger partial charge in [0, 0.05) is 6.42 Å². The van der Waals surface area contributed by atoms with Crippen molar-refractivity contribution in [2.24, 2.45) is 0 Å². The Bertz CT molecular complexity index is 945. The molecule has 1 aliphatic heterocycles. The maximum absolute atomic E-state index is 13.0. The number of carbonyl (C=O) groups excluding carboxylic acids is 1. The van der Waals surface area contributed by atoms with Crippen molar-refractivity contribution in [2.45, 2.75) is 262 Å². The third kappa shape index (κ3) is 29.5. The van der Waals surface area contributed by atoms with Crippen LogP contribution in [0.3, 0.4) is 0 Å². The zero-order chi connectivity index (χ0) is 41.6. The summed E-state index contributed by atoms with van der Waals surface area (Å²) < 4.78 is 11.2. The van der Waals surface area contributed by atoms with Crippen LogP contribution in [0.1, 0.15) is 219 Å². The van der Waals surface area contributed by atoms with E-state index < -0.39 is 49.5 Å². The zero-order valence-corrected chi connectivity index (χ0v) is 36.9. The molecule has 0 radical (unpaired) electrons. The van der Waals surface area contributed by atoms with Gasteiger partial charge in [-0.2, -0.15) is 0 Å². The van der Waals surface area contributed by atoms with Crippen molar-refractivity contribution in [2.75, 3.05) is 13.2 Å². The summed E-state index contributed by atoms with van der Waals surface area (Å²) in [6.07, 6.45) is 39.4. The van der Waals surface area contributed by atoms with Crippen molar-refractivity contribution < 1.29 is 39.8 Å². The minimum Gasteiger partial charge on any atom is -0.394 e. The second-order valence-corrected chi connectivity index (χ2v) is 16.9. The number of hydrogen-bond acceptors (Lipinski definition) is 8. The molecule has 0 spiro atoms. The molecule has 7 atom stereocenters. The number of carbonyl (C=O) groups is 1. The van der Waals surface area contributed by atoms with Crippen LogP contribution in [0.5, 0.6) is 0 Å². The average Bonchev–Trinajstić information content (AvgIpc) is 3.21. The number of amides is 1. The van der Waals surface area contributed by atoms with Gasteiger partial charge in [0.2, 0.25) is 5.91 Å². The van der Waals surface area contributed by atoms with Gasteiger partial charge in [-0.05, 0) is 38.5 Å². The van der Waals surface area contributed by atoms with Gasteiger partial charge in [0.25, 0.3) is 0 Å². The average molecular weight is 810 g/mol. The van der Waals surface area contributed by atoms with Crippen molar-refractivity contribution in [1.82, 2.24) is 5.32 Å². The number of aliphatic hydroxyl groups excluding tert-OH is 5. The van der Waals surface area contributed by atoms with E-state index in [4.69, 9.17) is 9.47 Å². The Balaban J connectivity index is 2.28. The quantitative estimate of drug-likeness (QED) is 0.0265. The van der Waals surface area contributed by atoms with Gasteiger partial charge in [-0.1, -0.05) is 199 Å². The number of unbranched alkanes of at least 4 members (excludes halogenated alkanes) is 28. The molecule has 1 heterocycles. The van der Waals surface area contributed by atoms with Crippen LogP contribution in [0.4, 0.5) is 0 Å². The van der Waals surface area contributed by atoms with E-state index in [9.17, 15) is 30.3 Å². The summed E-state index contributed by atoms with van der Waals surface area (Å²) in [7, 11) is 0. The molecule has 0 bridgehead atoms. The predicted molar refractivity (Wildman–Crippen MR) is 235 cm³/mol. The second-order valence-electron chi connectivity index (χ2n) is 16.9. The fourth-order valence-corrected chi connectivity index (χ4v) is 7.63. The molecular weight excluding hydrogens is 719 g/mol. The number of ether oxygens (including phenoxy) is 2. The van der Waals surface area contributed by atoms with Crippen LogP contribution in [0, 0.1) is 0 Å². The van der Waals surface area contributed by atoms with Gasteiger partial charge in [0.05, 0.1) is 25.4 Å². The first-order valence-electron chi connectivity index (χ1n) is 24.1. The van der Waals surface area contributed by atoms with Gasteiger partial charge in [-0.15, -0.1) is 0 Å². The third-order valence-electron chi connectivity index (χ3n) is 11.5. The molecule has 9 nitrogen and oxygen atoms in total. The summed E-state index contributed by atoms with van der Waals surface area (Å²) in [4.78, 5) is 13.0. The van der Waals surface area contributed by atoms with Crippen LogP contribution >= 0.6 is 0 Å². The number of hydrogen-bond donors (Lipinski definition) is 6. The first-order valence-corrected chi connectivity index (χ1v) is 24.1. The summed E-state index contributed by atoms with van der Waals surface area (Å²) in [6, 6.07) is -0.803. The van der Waals surface area contributed by atoms with E-state index in [0.717, 1.165) is 44.9 Å². The number of allylic oxidation sites excluding steroid dienone is 3. The van der Waals surface area contributed by atoms with Gasteiger partial charge in [0.1, 0.15) is 24.4 Å². The van der Waals surface area contributed by atoms with Crippen LogP contribution in [0.25, 0.3) is 0 Å². The Kier molecular flexibility index (Phi) is 36.6. The Morgan fingerprint density at radius 3 is 1.49 bits per heavy atom. The van der Waals surface area contributed by atoms with Crippen LogP contribution in [-0.4, -0.2) is 87.5 Å². The molecule has 1 amide bonds. The molecule has 1 saturated heterocycles. The minimum absolute atomic E-state index is 0.177. The van der Waals surface area contributed by atoms with E-state index in [1.807, 2.05) is 6.08 Å². The molecule has 0 aromatic heterocycles. The van der Waals surface area contributed by atoms with Gasteiger partial charge in [0.15, 0.2) is 6.29 Å². The smallest absolute Gasteiger partial charge is 0.220 e. The van der Waals surface area contributed by atoms with Crippen molar-refractivity contribution in [3.63, 3.8) is 0 Å². The van der Waals surface area contributed by atoms with Crippen LogP contribution < -0.4 is 5.32 Å². The molecular formula is C48H91NO8. The minimum atomic E-state index is -1.56. The highest BCUT2D eigenvalue weighted by molar-refractivity contribution is 5.76. The highest BCUT2D eigenvalue weighted by Gasteiger charge is 2.44. The Morgan fingerprint density at radius 2 is 1.02 bits per heavy atom. The fraction of sp³-hybridized carbons (Fsp3) is 0.896. The monoisotopic (exact) mass is 810 g/mol. The molecule has 2 unspecified atom stereocenters. The van der Waals surface area contributed by atoms with Crippen molar-refractivity contribution >= 4 is 5.91 Å². The molecule has 9 heteroatoms. The normalized spacial score (nSPS) is 21.1. The Hall–Kier alpha value is -1.33. The molecule has 0 aromatic carbocycles. The van der Waals surface area contributed by atoms with E-state index in [1.54, 1.807) is 6.08 Å². The van der Waals surface area contributed by atoms with Crippen LogP contribution in [-0.2, 0) is 14.3 Å². The van der Waals surface area contributed by atoms with Crippen molar-refractivity contribution in [3.05, 3.63) is 24.3 Å². The molecule has 0 saturated carbocycles. The molecule has 336 valence electrons. The molecule has 1 aliphatic rings. The highest BCUT2D eigenvalue weighted by Crippen LogP contribution is 2.23.